The van der Waals surface area contributed by atoms with Crippen LogP contribution in [0.4, 0.5) is 0 Å². The van der Waals surface area contributed by atoms with Crippen molar-refractivity contribution in [2.24, 2.45) is 5.10 Å². The molecule has 0 saturated heterocycles. The van der Waals surface area contributed by atoms with Gasteiger partial charge in [0.1, 0.15) is 12.2 Å². The first kappa shape index (κ1) is 25.9. The zero-order valence-corrected chi connectivity index (χ0v) is 24.6. The maximum Gasteiger partial charge on any atom is 0.307 e. The minimum absolute atomic E-state index is 0.156. The molecule has 0 spiro atoms. The molecule has 0 aliphatic heterocycles. The van der Waals surface area contributed by atoms with Crippen molar-refractivity contribution in [3.8, 4) is 11.5 Å². The number of hydrogen-bond donors (Lipinski definition) is 1. The smallest absolute Gasteiger partial charge is 0.307 e. The minimum atomic E-state index is -0.459. The van der Waals surface area contributed by atoms with Crippen molar-refractivity contribution in [1.29, 1.82) is 0 Å². The van der Waals surface area contributed by atoms with Crippen LogP contribution >= 0.6 is 63.7 Å². The molecule has 6 nitrogen and oxygen atoms in total. The Kier molecular flexibility index (Phi) is 8.69. The number of fused-ring (bicyclic) bond motifs is 1. The molecule has 1 N–H and O–H groups in total. The lowest BCUT2D eigenvalue weighted by Crippen LogP contribution is -2.16. The van der Waals surface area contributed by atoms with Crippen LogP contribution in [0, 0.1) is 0 Å². The van der Waals surface area contributed by atoms with Crippen molar-refractivity contribution in [2.45, 2.75) is 13.5 Å². The van der Waals surface area contributed by atoms with E-state index in [1.165, 1.54) is 6.21 Å². The fourth-order valence-electron chi connectivity index (χ4n) is 3.21. The number of carbonyl (C=O) groups excluding carboxylic acids is 1. The first-order valence-electron chi connectivity index (χ1n) is 10.4. The Hall–Kier alpha value is -2.14. The van der Waals surface area contributed by atoms with E-state index in [0.29, 0.717) is 40.3 Å². The summed E-state index contributed by atoms with van der Waals surface area (Å²) in [5.74, 6) is 0.859. The third-order valence-electron chi connectivity index (χ3n) is 4.77. The lowest BCUT2D eigenvalue weighted by molar-refractivity contribution is 0.0929. The summed E-state index contributed by atoms with van der Waals surface area (Å²) < 4.78 is 20.8. The summed E-state index contributed by atoms with van der Waals surface area (Å²) in [7, 11) is 0. The van der Waals surface area contributed by atoms with E-state index in [-0.39, 0.29) is 5.76 Å². The summed E-state index contributed by atoms with van der Waals surface area (Å²) in [6.07, 6.45) is 1.53. The lowest BCUT2D eigenvalue weighted by atomic mass is 10.2. The van der Waals surface area contributed by atoms with Gasteiger partial charge in [-0.3, -0.25) is 4.79 Å². The fourth-order valence-corrected chi connectivity index (χ4v) is 5.39. The van der Waals surface area contributed by atoms with E-state index in [1.54, 1.807) is 12.1 Å². The summed E-state index contributed by atoms with van der Waals surface area (Å²) in [4.78, 5) is 12.5. The normalized spacial score (nSPS) is 11.2. The predicted molar refractivity (Wildman–Crippen MR) is 150 cm³/mol. The van der Waals surface area contributed by atoms with Gasteiger partial charge in [-0.05, 0) is 92.4 Å². The number of nitrogens with zero attached hydrogens (tertiary/aromatic N) is 1. The maximum atomic E-state index is 12.5. The van der Waals surface area contributed by atoms with Crippen LogP contribution in [-0.2, 0) is 6.61 Å². The van der Waals surface area contributed by atoms with Gasteiger partial charge in [0.05, 0.1) is 21.8 Å². The second-order valence-electron chi connectivity index (χ2n) is 7.29. The van der Waals surface area contributed by atoms with Crippen LogP contribution in [0.25, 0.3) is 11.0 Å². The average Bonchev–Trinajstić information content (AvgIpc) is 3.24. The summed E-state index contributed by atoms with van der Waals surface area (Å²) >= 11 is 13.9. The molecular weight excluding hydrogens is 712 g/mol. The van der Waals surface area contributed by atoms with Crippen LogP contribution in [0.15, 0.2) is 82.0 Å². The molecule has 0 fully saturated rings. The quantitative estimate of drug-likeness (QED) is 0.147. The largest absolute Gasteiger partial charge is 0.490 e. The van der Waals surface area contributed by atoms with E-state index in [4.69, 9.17) is 13.9 Å². The zero-order valence-electron chi connectivity index (χ0n) is 18.3. The Morgan fingerprint density at radius 2 is 1.74 bits per heavy atom. The Labute approximate surface area is 235 Å². The second-order valence-corrected chi connectivity index (χ2v) is 10.8. The second kappa shape index (κ2) is 11.7. The van der Waals surface area contributed by atoms with Crippen molar-refractivity contribution < 1.29 is 18.7 Å². The van der Waals surface area contributed by atoms with Gasteiger partial charge in [0.2, 0.25) is 0 Å². The van der Waals surface area contributed by atoms with Gasteiger partial charge in [0, 0.05) is 14.3 Å². The van der Waals surface area contributed by atoms with Crippen molar-refractivity contribution in [3.05, 3.63) is 89.4 Å². The lowest BCUT2D eigenvalue weighted by Gasteiger charge is -2.14. The van der Waals surface area contributed by atoms with Crippen LogP contribution in [0.3, 0.4) is 0 Å². The van der Waals surface area contributed by atoms with Gasteiger partial charge in [-0.15, -0.1) is 0 Å². The van der Waals surface area contributed by atoms with Crippen LogP contribution < -0.4 is 14.9 Å². The molecule has 10 heteroatoms. The van der Waals surface area contributed by atoms with Gasteiger partial charge >= 0.3 is 5.91 Å². The predicted octanol–water partition coefficient (Wildman–Crippen LogP) is 8.22. The molecular formula is C25H18Br4N2O4. The molecule has 1 amide bonds. The first-order valence-corrected chi connectivity index (χ1v) is 13.6. The molecule has 0 radical (unpaired) electrons. The highest BCUT2D eigenvalue weighted by molar-refractivity contribution is 9.11. The first-order chi connectivity index (χ1) is 16.8. The summed E-state index contributed by atoms with van der Waals surface area (Å²) in [6, 6.07) is 16.9. The van der Waals surface area contributed by atoms with Crippen molar-refractivity contribution >= 4 is 86.8 Å². The number of furan rings is 1. The van der Waals surface area contributed by atoms with Crippen LogP contribution in [-0.4, -0.2) is 18.7 Å². The Bertz CT molecular complexity index is 1400. The van der Waals surface area contributed by atoms with E-state index in [1.807, 2.05) is 49.4 Å². The minimum Gasteiger partial charge on any atom is -0.490 e. The van der Waals surface area contributed by atoms with Gasteiger partial charge in [0.25, 0.3) is 0 Å². The molecule has 4 aromatic rings. The summed E-state index contributed by atoms with van der Waals surface area (Å²) in [5, 5.41) is 4.87. The molecule has 0 unspecified atom stereocenters. The summed E-state index contributed by atoms with van der Waals surface area (Å²) in [5.41, 5.74) is 4.83. The van der Waals surface area contributed by atoms with Crippen molar-refractivity contribution in [1.82, 2.24) is 5.43 Å². The standard InChI is InChI=1S/C25H18Br4N2O4/c1-2-33-21-8-15(7-19(28)24(21)34-13-14-3-5-17(26)6-4-14)12-30-31-25(32)22-10-16-9-18(27)11-20(29)23(16)35-22/h3-12H,2,13H2,1H3,(H,31,32)/b30-12-. The highest BCUT2D eigenvalue weighted by atomic mass is 79.9. The van der Waals surface area contributed by atoms with E-state index in [2.05, 4.69) is 74.2 Å². The van der Waals surface area contributed by atoms with Gasteiger partial charge in [-0.2, -0.15) is 5.10 Å². The van der Waals surface area contributed by atoms with Crippen LogP contribution in [0.1, 0.15) is 28.6 Å². The molecule has 0 atom stereocenters. The van der Waals surface area contributed by atoms with E-state index in [9.17, 15) is 4.79 Å². The van der Waals surface area contributed by atoms with Gasteiger partial charge in [-0.1, -0.05) is 44.0 Å². The number of hydrazone groups is 1. The topological polar surface area (TPSA) is 73.1 Å². The molecule has 3 aromatic carbocycles. The molecule has 4 rings (SSSR count). The number of carbonyl (C=O) groups is 1. The molecule has 1 aromatic heterocycles. The average molecular weight is 730 g/mol. The third kappa shape index (κ3) is 6.55. The van der Waals surface area contributed by atoms with E-state index in [0.717, 1.165) is 24.4 Å². The number of hydrogen-bond acceptors (Lipinski definition) is 5. The molecule has 0 aliphatic carbocycles. The molecule has 1 heterocycles. The van der Waals surface area contributed by atoms with Gasteiger partial charge in [-0.25, -0.2) is 5.43 Å². The third-order valence-corrected chi connectivity index (χ3v) is 6.93. The van der Waals surface area contributed by atoms with Gasteiger partial charge in [0.15, 0.2) is 17.3 Å². The molecule has 0 saturated carbocycles. The number of halogens is 4. The number of amides is 1. The van der Waals surface area contributed by atoms with Crippen LogP contribution in [0.2, 0.25) is 0 Å². The summed E-state index contributed by atoms with van der Waals surface area (Å²) in [6.45, 7) is 2.76. The Morgan fingerprint density at radius 1 is 0.971 bits per heavy atom. The monoisotopic (exact) mass is 726 g/mol. The fraction of sp³-hybridized carbons (Fsp3) is 0.120. The van der Waals surface area contributed by atoms with E-state index >= 15 is 0 Å². The van der Waals surface area contributed by atoms with E-state index < -0.39 is 5.91 Å². The van der Waals surface area contributed by atoms with Crippen LogP contribution in [0.5, 0.6) is 11.5 Å². The molecule has 0 bridgehead atoms. The van der Waals surface area contributed by atoms with Crippen molar-refractivity contribution in [2.75, 3.05) is 6.61 Å². The Balaban J connectivity index is 1.47. The number of ether oxygens (including phenoxy) is 2. The van der Waals surface area contributed by atoms with Gasteiger partial charge < -0.3 is 13.9 Å². The Morgan fingerprint density at radius 3 is 2.49 bits per heavy atom. The molecule has 0 aliphatic rings. The maximum absolute atomic E-state index is 12.5. The number of benzene rings is 3. The number of nitrogens with one attached hydrogen (secondary N) is 1. The van der Waals surface area contributed by atoms with Crippen molar-refractivity contribution in [3.63, 3.8) is 0 Å². The highest BCUT2D eigenvalue weighted by Crippen LogP contribution is 2.37. The number of rotatable bonds is 8. The molecule has 180 valence electrons. The SMILES string of the molecule is CCOc1cc(/C=N\NC(=O)c2cc3cc(Br)cc(Br)c3o2)cc(Br)c1OCc1ccc(Br)cc1. The highest BCUT2D eigenvalue weighted by Gasteiger charge is 2.15. The zero-order chi connectivity index (χ0) is 24.9. The molecule has 35 heavy (non-hydrogen) atoms.